The molecule has 1 heterocycles. The SMILES string of the molecule is COc1cc(C=Cc2ccc3c(c2)OCO3)cc(OCc2ccccc2)c1. The summed E-state index contributed by atoms with van der Waals surface area (Å²) in [6, 6.07) is 21.8. The van der Waals surface area contributed by atoms with Gasteiger partial charge in [0, 0.05) is 6.07 Å². The third-order valence-electron chi connectivity index (χ3n) is 4.25. The number of fused-ring (bicyclic) bond motifs is 1. The Hall–Kier alpha value is -3.40. The molecule has 0 aliphatic carbocycles. The number of ether oxygens (including phenoxy) is 4. The molecule has 0 fully saturated rings. The summed E-state index contributed by atoms with van der Waals surface area (Å²) in [5, 5.41) is 0. The van der Waals surface area contributed by atoms with Crippen LogP contribution >= 0.6 is 0 Å². The normalized spacial score (nSPS) is 12.3. The van der Waals surface area contributed by atoms with Crippen LogP contribution in [0.3, 0.4) is 0 Å². The minimum absolute atomic E-state index is 0.278. The van der Waals surface area contributed by atoms with E-state index in [1.165, 1.54) is 0 Å². The van der Waals surface area contributed by atoms with Gasteiger partial charge in [-0.2, -0.15) is 0 Å². The Bertz CT molecular complexity index is 948. The molecule has 0 radical (unpaired) electrons. The van der Waals surface area contributed by atoms with Gasteiger partial charge in [0.2, 0.25) is 6.79 Å². The Balaban J connectivity index is 1.51. The molecular formula is C23H20O4. The molecular weight excluding hydrogens is 340 g/mol. The summed E-state index contributed by atoms with van der Waals surface area (Å²) in [7, 11) is 1.65. The van der Waals surface area contributed by atoms with Crippen molar-refractivity contribution in [2.24, 2.45) is 0 Å². The van der Waals surface area contributed by atoms with Gasteiger partial charge in [-0.1, -0.05) is 48.6 Å². The van der Waals surface area contributed by atoms with Crippen molar-refractivity contribution in [3.63, 3.8) is 0 Å². The van der Waals surface area contributed by atoms with Crippen molar-refractivity contribution in [3.8, 4) is 23.0 Å². The van der Waals surface area contributed by atoms with Gasteiger partial charge in [0.05, 0.1) is 7.11 Å². The first-order valence-electron chi connectivity index (χ1n) is 8.74. The molecule has 3 aromatic carbocycles. The predicted molar refractivity (Wildman–Crippen MR) is 105 cm³/mol. The standard InChI is InChI=1S/C23H20O4/c1-24-20-11-19(8-7-17-9-10-22-23(13-17)27-16-26-22)12-21(14-20)25-15-18-5-3-2-4-6-18/h2-14H,15-16H2,1H3. The van der Waals surface area contributed by atoms with Crippen LogP contribution in [0.4, 0.5) is 0 Å². The minimum Gasteiger partial charge on any atom is -0.497 e. The molecule has 3 aromatic rings. The zero-order valence-corrected chi connectivity index (χ0v) is 15.1. The minimum atomic E-state index is 0.278. The van der Waals surface area contributed by atoms with E-state index < -0.39 is 0 Å². The number of hydrogen-bond donors (Lipinski definition) is 0. The monoisotopic (exact) mass is 360 g/mol. The first-order chi connectivity index (χ1) is 13.3. The van der Waals surface area contributed by atoms with E-state index >= 15 is 0 Å². The third-order valence-corrected chi connectivity index (χ3v) is 4.25. The Morgan fingerprint density at radius 2 is 1.59 bits per heavy atom. The van der Waals surface area contributed by atoms with E-state index in [4.69, 9.17) is 18.9 Å². The second kappa shape index (κ2) is 7.87. The lowest BCUT2D eigenvalue weighted by Gasteiger charge is -2.09. The molecule has 0 saturated carbocycles. The number of rotatable bonds is 6. The van der Waals surface area contributed by atoms with Crippen molar-refractivity contribution in [2.45, 2.75) is 6.61 Å². The molecule has 0 N–H and O–H groups in total. The highest BCUT2D eigenvalue weighted by Gasteiger charge is 2.12. The highest BCUT2D eigenvalue weighted by atomic mass is 16.7. The molecule has 0 bridgehead atoms. The molecule has 4 heteroatoms. The van der Waals surface area contributed by atoms with E-state index in [2.05, 4.69) is 0 Å². The molecule has 0 amide bonds. The molecule has 0 atom stereocenters. The van der Waals surface area contributed by atoms with Crippen LogP contribution in [-0.4, -0.2) is 13.9 Å². The van der Waals surface area contributed by atoms with Crippen LogP contribution in [0.5, 0.6) is 23.0 Å². The molecule has 0 saturated heterocycles. The summed E-state index contributed by atoms with van der Waals surface area (Å²) in [5.74, 6) is 3.08. The van der Waals surface area contributed by atoms with Gasteiger partial charge in [-0.25, -0.2) is 0 Å². The average molecular weight is 360 g/mol. The summed E-state index contributed by atoms with van der Waals surface area (Å²) < 4.78 is 22.1. The van der Waals surface area contributed by atoms with Crippen LogP contribution in [0.25, 0.3) is 12.2 Å². The van der Waals surface area contributed by atoms with Crippen molar-refractivity contribution in [2.75, 3.05) is 13.9 Å². The number of methoxy groups -OCH3 is 1. The molecule has 0 spiro atoms. The van der Waals surface area contributed by atoms with E-state index in [1.54, 1.807) is 7.11 Å². The van der Waals surface area contributed by atoms with Gasteiger partial charge >= 0.3 is 0 Å². The van der Waals surface area contributed by atoms with E-state index in [0.29, 0.717) is 6.61 Å². The highest BCUT2D eigenvalue weighted by Crippen LogP contribution is 2.33. The van der Waals surface area contributed by atoms with E-state index in [1.807, 2.05) is 78.9 Å². The quantitative estimate of drug-likeness (QED) is 0.568. The van der Waals surface area contributed by atoms with Gasteiger partial charge in [0.1, 0.15) is 18.1 Å². The van der Waals surface area contributed by atoms with Crippen LogP contribution in [0.15, 0.2) is 66.7 Å². The third kappa shape index (κ3) is 4.23. The van der Waals surface area contributed by atoms with Crippen LogP contribution in [0, 0.1) is 0 Å². The Morgan fingerprint density at radius 1 is 0.815 bits per heavy atom. The maximum atomic E-state index is 5.94. The van der Waals surface area contributed by atoms with E-state index in [0.717, 1.165) is 39.7 Å². The fourth-order valence-corrected chi connectivity index (χ4v) is 2.84. The molecule has 136 valence electrons. The second-order valence-electron chi connectivity index (χ2n) is 6.16. The van der Waals surface area contributed by atoms with Crippen molar-refractivity contribution >= 4 is 12.2 Å². The van der Waals surface area contributed by atoms with Crippen molar-refractivity contribution < 1.29 is 18.9 Å². The van der Waals surface area contributed by atoms with Gasteiger partial charge in [-0.3, -0.25) is 0 Å². The molecule has 1 aliphatic heterocycles. The lowest BCUT2D eigenvalue weighted by atomic mass is 10.1. The van der Waals surface area contributed by atoms with Crippen LogP contribution in [0.2, 0.25) is 0 Å². The number of hydrogen-bond acceptors (Lipinski definition) is 4. The maximum Gasteiger partial charge on any atom is 0.231 e. The Labute approximate surface area is 158 Å². The topological polar surface area (TPSA) is 36.9 Å². The zero-order valence-electron chi connectivity index (χ0n) is 15.1. The van der Waals surface area contributed by atoms with Crippen molar-refractivity contribution in [1.29, 1.82) is 0 Å². The van der Waals surface area contributed by atoms with Gasteiger partial charge in [-0.15, -0.1) is 0 Å². The molecule has 0 aromatic heterocycles. The fraction of sp³-hybridized carbons (Fsp3) is 0.130. The maximum absolute atomic E-state index is 5.94. The lowest BCUT2D eigenvalue weighted by Crippen LogP contribution is -1.96. The van der Waals surface area contributed by atoms with E-state index in [-0.39, 0.29) is 6.79 Å². The highest BCUT2D eigenvalue weighted by molar-refractivity contribution is 5.72. The molecule has 27 heavy (non-hydrogen) atoms. The summed E-state index contributed by atoms with van der Waals surface area (Å²) >= 11 is 0. The van der Waals surface area contributed by atoms with Crippen molar-refractivity contribution in [1.82, 2.24) is 0 Å². The van der Waals surface area contributed by atoms with Gasteiger partial charge in [0.25, 0.3) is 0 Å². The summed E-state index contributed by atoms with van der Waals surface area (Å²) in [4.78, 5) is 0. The summed E-state index contributed by atoms with van der Waals surface area (Å²) in [5.41, 5.74) is 3.15. The van der Waals surface area contributed by atoms with Crippen LogP contribution in [-0.2, 0) is 6.61 Å². The van der Waals surface area contributed by atoms with Gasteiger partial charge in [0.15, 0.2) is 11.5 Å². The molecule has 4 rings (SSSR count). The van der Waals surface area contributed by atoms with Crippen molar-refractivity contribution in [3.05, 3.63) is 83.4 Å². The average Bonchev–Trinajstić information content (AvgIpc) is 3.19. The first kappa shape index (κ1) is 17.0. The van der Waals surface area contributed by atoms with E-state index in [9.17, 15) is 0 Å². The Kier molecular flexibility index (Phi) is 4.97. The molecule has 4 nitrogen and oxygen atoms in total. The smallest absolute Gasteiger partial charge is 0.231 e. The lowest BCUT2D eigenvalue weighted by molar-refractivity contribution is 0.174. The van der Waals surface area contributed by atoms with Crippen LogP contribution in [0.1, 0.15) is 16.7 Å². The van der Waals surface area contributed by atoms with Gasteiger partial charge < -0.3 is 18.9 Å². The summed E-state index contributed by atoms with van der Waals surface area (Å²) in [6.07, 6.45) is 4.05. The number of benzene rings is 3. The molecule has 0 unspecified atom stereocenters. The largest absolute Gasteiger partial charge is 0.497 e. The second-order valence-corrected chi connectivity index (χ2v) is 6.16. The van der Waals surface area contributed by atoms with Gasteiger partial charge in [-0.05, 0) is 41.0 Å². The fourth-order valence-electron chi connectivity index (χ4n) is 2.84. The molecule has 1 aliphatic rings. The first-order valence-corrected chi connectivity index (χ1v) is 8.74. The van der Waals surface area contributed by atoms with Crippen LogP contribution < -0.4 is 18.9 Å². The summed E-state index contributed by atoms with van der Waals surface area (Å²) in [6.45, 7) is 0.791. The Morgan fingerprint density at radius 3 is 2.44 bits per heavy atom. The predicted octanol–water partition coefficient (Wildman–Crippen LogP) is 5.17. The zero-order chi connectivity index (χ0) is 18.5.